The zero-order valence-electron chi connectivity index (χ0n) is 12.7. The van der Waals surface area contributed by atoms with Gasteiger partial charge in [-0.3, -0.25) is 4.79 Å². The molecule has 0 bridgehead atoms. The van der Waals surface area contributed by atoms with Gasteiger partial charge >= 0.3 is 17.9 Å². The molecular formula is C16H20O5. The number of esters is 3. The predicted molar refractivity (Wildman–Crippen MR) is 72.9 cm³/mol. The standard InChI is InChI=1S/C16H20O5/c1-15-7-4-8-16(2,14(19)20-3)10(15)6-5-9-11(15)13(18)21-12(9)17/h10H,4-8H2,1-3H3. The molecule has 3 atom stereocenters. The van der Waals surface area contributed by atoms with E-state index in [1.165, 1.54) is 7.11 Å². The molecule has 0 aromatic carbocycles. The summed E-state index contributed by atoms with van der Waals surface area (Å²) in [6.45, 7) is 3.92. The average molecular weight is 292 g/mol. The van der Waals surface area contributed by atoms with Gasteiger partial charge in [0.25, 0.3) is 0 Å². The van der Waals surface area contributed by atoms with Gasteiger partial charge in [0.15, 0.2) is 0 Å². The lowest BCUT2D eigenvalue weighted by Gasteiger charge is -2.52. The number of rotatable bonds is 1. The summed E-state index contributed by atoms with van der Waals surface area (Å²) < 4.78 is 9.82. The molecule has 3 rings (SSSR count). The van der Waals surface area contributed by atoms with Gasteiger partial charge in [0.1, 0.15) is 0 Å². The van der Waals surface area contributed by atoms with Crippen molar-refractivity contribution in [1.82, 2.24) is 0 Å². The van der Waals surface area contributed by atoms with Gasteiger partial charge in [-0.2, -0.15) is 0 Å². The van der Waals surface area contributed by atoms with Gasteiger partial charge in [-0.25, -0.2) is 9.59 Å². The summed E-state index contributed by atoms with van der Waals surface area (Å²) in [4.78, 5) is 36.2. The molecular weight excluding hydrogens is 272 g/mol. The highest BCUT2D eigenvalue weighted by Crippen LogP contribution is 2.61. The Morgan fingerprint density at radius 2 is 1.95 bits per heavy atom. The molecule has 2 aliphatic carbocycles. The molecule has 5 nitrogen and oxygen atoms in total. The second kappa shape index (κ2) is 4.42. The van der Waals surface area contributed by atoms with Crippen LogP contribution in [0.5, 0.6) is 0 Å². The van der Waals surface area contributed by atoms with Crippen molar-refractivity contribution in [3.63, 3.8) is 0 Å². The molecule has 1 saturated carbocycles. The smallest absolute Gasteiger partial charge is 0.343 e. The van der Waals surface area contributed by atoms with Crippen LogP contribution in [0, 0.1) is 16.7 Å². The maximum atomic E-state index is 12.3. The molecule has 21 heavy (non-hydrogen) atoms. The van der Waals surface area contributed by atoms with Crippen LogP contribution in [0.4, 0.5) is 0 Å². The van der Waals surface area contributed by atoms with Crippen LogP contribution in [0.25, 0.3) is 0 Å². The topological polar surface area (TPSA) is 69.7 Å². The van der Waals surface area contributed by atoms with Crippen LogP contribution in [-0.2, 0) is 23.9 Å². The number of cyclic esters (lactones) is 2. The lowest BCUT2D eigenvalue weighted by Crippen LogP contribution is -2.51. The number of methoxy groups -OCH3 is 1. The van der Waals surface area contributed by atoms with E-state index >= 15 is 0 Å². The molecule has 0 saturated heterocycles. The van der Waals surface area contributed by atoms with Crippen molar-refractivity contribution in [3.8, 4) is 0 Å². The van der Waals surface area contributed by atoms with Crippen LogP contribution in [-0.4, -0.2) is 25.0 Å². The summed E-state index contributed by atoms with van der Waals surface area (Å²) in [6, 6.07) is 0. The van der Waals surface area contributed by atoms with E-state index in [1.54, 1.807) is 0 Å². The lowest BCUT2D eigenvalue weighted by molar-refractivity contribution is -0.164. The summed E-state index contributed by atoms with van der Waals surface area (Å²) in [7, 11) is 1.40. The minimum atomic E-state index is -0.605. The van der Waals surface area contributed by atoms with Crippen molar-refractivity contribution in [2.45, 2.75) is 46.0 Å². The fraction of sp³-hybridized carbons (Fsp3) is 0.688. The first-order valence-corrected chi connectivity index (χ1v) is 7.43. The molecule has 0 N–H and O–H groups in total. The molecule has 3 aliphatic rings. The SMILES string of the molecule is COC(=O)C1(C)CCCC2(C)C3=C(CCC12)C(=O)OC3=O. The largest absolute Gasteiger partial charge is 0.469 e. The monoisotopic (exact) mass is 292 g/mol. The number of carbonyl (C=O) groups is 3. The molecule has 0 spiro atoms. The summed E-state index contributed by atoms with van der Waals surface area (Å²) in [5.41, 5.74) is -0.0454. The Kier molecular flexibility index (Phi) is 3.01. The minimum absolute atomic E-state index is 0.00315. The number of ether oxygens (including phenoxy) is 2. The lowest BCUT2D eigenvalue weighted by atomic mass is 9.50. The highest BCUT2D eigenvalue weighted by molar-refractivity contribution is 6.13. The molecule has 3 unspecified atom stereocenters. The van der Waals surface area contributed by atoms with Crippen molar-refractivity contribution in [1.29, 1.82) is 0 Å². The van der Waals surface area contributed by atoms with Crippen molar-refractivity contribution < 1.29 is 23.9 Å². The zero-order valence-corrected chi connectivity index (χ0v) is 12.7. The molecule has 0 aromatic rings. The van der Waals surface area contributed by atoms with E-state index in [4.69, 9.17) is 9.47 Å². The Morgan fingerprint density at radius 1 is 1.24 bits per heavy atom. The molecule has 114 valence electrons. The number of carbonyl (C=O) groups excluding carboxylic acids is 3. The van der Waals surface area contributed by atoms with E-state index in [1.807, 2.05) is 13.8 Å². The highest BCUT2D eigenvalue weighted by atomic mass is 16.6. The van der Waals surface area contributed by atoms with Crippen LogP contribution in [0.15, 0.2) is 11.1 Å². The van der Waals surface area contributed by atoms with E-state index in [0.717, 1.165) is 19.3 Å². The van der Waals surface area contributed by atoms with Crippen LogP contribution in [0.1, 0.15) is 46.0 Å². The fourth-order valence-electron chi connectivity index (χ4n) is 4.80. The molecule has 0 aromatic heterocycles. The van der Waals surface area contributed by atoms with Gasteiger partial charge in [-0.05, 0) is 38.5 Å². The quantitative estimate of drug-likeness (QED) is 0.547. The fourth-order valence-corrected chi connectivity index (χ4v) is 4.80. The normalized spacial score (nSPS) is 38.7. The summed E-state index contributed by atoms with van der Waals surface area (Å²) in [6.07, 6.45) is 3.60. The first kappa shape index (κ1) is 14.3. The van der Waals surface area contributed by atoms with Crippen molar-refractivity contribution in [3.05, 3.63) is 11.1 Å². The summed E-state index contributed by atoms with van der Waals surface area (Å²) >= 11 is 0. The van der Waals surface area contributed by atoms with Crippen LogP contribution in [0.3, 0.4) is 0 Å². The molecule has 0 radical (unpaired) electrons. The van der Waals surface area contributed by atoms with Gasteiger partial charge in [0, 0.05) is 11.0 Å². The Balaban J connectivity index is 2.10. The molecule has 1 aliphatic heterocycles. The minimum Gasteiger partial charge on any atom is -0.469 e. The van der Waals surface area contributed by atoms with Crippen LogP contribution < -0.4 is 0 Å². The Labute approximate surface area is 123 Å². The molecule has 5 heteroatoms. The third-order valence-corrected chi connectivity index (χ3v) is 5.77. The average Bonchev–Trinajstić information content (AvgIpc) is 2.73. The Hall–Kier alpha value is -1.65. The third-order valence-electron chi connectivity index (χ3n) is 5.77. The van der Waals surface area contributed by atoms with E-state index < -0.39 is 22.8 Å². The number of hydrogen-bond donors (Lipinski definition) is 0. The van der Waals surface area contributed by atoms with Crippen molar-refractivity contribution in [2.75, 3.05) is 7.11 Å². The van der Waals surface area contributed by atoms with Crippen molar-refractivity contribution >= 4 is 17.9 Å². The van der Waals surface area contributed by atoms with E-state index in [0.29, 0.717) is 24.0 Å². The van der Waals surface area contributed by atoms with Crippen molar-refractivity contribution in [2.24, 2.45) is 16.7 Å². The predicted octanol–water partition coefficient (Wildman–Crippen LogP) is 2.15. The van der Waals surface area contributed by atoms with Gasteiger partial charge in [0.05, 0.1) is 18.1 Å². The van der Waals surface area contributed by atoms with Gasteiger partial charge in [0.2, 0.25) is 0 Å². The summed E-state index contributed by atoms with van der Waals surface area (Å²) in [5.74, 6) is -1.24. The number of fused-ring (bicyclic) bond motifs is 2. The van der Waals surface area contributed by atoms with Gasteiger partial charge < -0.3 is 9.47 Å². The van der Waals surface area contributed by atoms with E-state index in [2.05, 4.69) is 0 Å². The van der Waals surface area contributed by atoms with Crippen LogP contribution in [0.2, 0.25) is 0 Å². The number of hydrogen-bond acceptors (Lipinski definition) is 5. The second-order valence-corrected chi connectivity index (χ2v) is 6.80. The Morgan fingerprint density at radius 3 is 2.62 bits per heavy atom. The molecule has 1 heterocycles. The maximum absolute atomic E-state index is 12.3. The summed E-state index contributed by atoms with van der Waals surface area (Å²) in [5, 5.41) is 0. The maximum Gasteiger partial charge on any atom is 0.343 e. The molecule has 0 amide bonds. The van der Waals surface area contributed by atoms with Crippen LogP contribution >= 0.6 is 0 Å². The second-order valence-electron chi connectivity index (χ2n) is 6.80. The first-order chi connectivity index (χ1) is 9.84. The van der Waals surface area contributed by atoms with Gasteiger partial charge in [-0.15, -0.1) is 0 Å². The highest BCUT2D eigenvalue weighted by Gasteiger charge is 2.60. The third kappa shape index (κ3) is 1.72. The van der Waals surface area contributed by atoms with Gasteiger partial charge in [-0.1, -0.05) is 13.3 Å². The van der Waals surface area contributed by atoms with E-state index in [-0.39, 0.29) is 11.9 Å². The molecule has 1 fully saturated rings. The first-order valence-electron chi connectivity index (χ1n) is 7.43. The Bertz CT molecular complexity index is 575. The zero-order chi connectivity index (χ0) is 15.4. The van der Waals surface area contributed by atoms with E-state index in [9.17, 15) is 14.4 Å².